The second kappa shape index (κ2) is 7.04. The van der Waals surface area contributed by atoms with Gasteiger partial charge in [-0.25, -0.2) is 0 Å². The molecule has 1 aromatic carbocycles. The molecular formula is C16H20N2O3. The van der Waals surface area contributed by atoms with Gasteiger partial charge in [0.05, 0.1) is 18.3 Å². The maximum absolute atomic E-state index is 12.0. The van der Waals surface area contributed by atoms with Gasteiger partial charge in [0.25, 0.3) is 0 Å². The zero-order valence-electron chi connectivity index (χ0n) is 12.3. The van der Waals surface area contributed by atoms with Crippen LogP contribution >= 0.6 is 0 Å². The van der Waals surface area contributed by atoms with Crippen LogP contribution in [0.2, 0.25) is 0 Å². The average Bonchev–Trinajstić information content (AvgIpc) is 2.82. The highest BCUT2D eigenvalue weighted by molar-refractivity contribution is 5.76. The molecule has 1 atom stereocenters. The third-order valence-corrected chi connectivity index (χ3v) is 3.50. The average molecular weight is 288 g/mol. The number of nitrogens with zero attached hydrogens (tertiary/aromatic N) is 1. The second-order valence-corrected chi connectivity index (χ2v) is 5.02. The van der Waals surface area contributed by atoms with Crippen LogP contribution in [0.1, 0.15) is 35.0 Å². The lowest BCUT2D eigenvalue weighted by Gasteiger charge is -2.16. The fourth-order valence-corrected chi connectivity index (χ4v) is 2.28. The van der Waals surface area contributed by atoms with E-state index in [-0.39, 0.29) is 18.6 Å². The number of aromatic nitrogens is 1. The van der Waals surface area contributed by atoms with Gasteiger partial charge in [-0.3, -0.25) is 4.79 Å². The first-order valence-corrected chi connectivity index (χ1v) is 6.98. The Morgan fingerprint density at radius 3 is 2.62 bits per heavy atom. The minimum absolute atomic E-state index is 0.0992. The Morgan fingerprint density at radius 2 is 2.05 bits per heavy atom. The molecule has 1 unspecified atom stereocenters. The van der Waals surface area contributed by atoms with Crippen LogP contribution in [0, 0.1) is 13.8 Å². The zero-order chi connectivity index (χ0) is 15.2. The number of aliphatic hydroxyl groups is 1. The van der Waals surface area contributed by atoms with Gasteiger partial charge in [-0.2, -0.15) is 0 Å². The molecule has 0 aliphatic carbocycles. The van der Waals surface area contributed by atoms with E-state index in [1.54, 1.807) is 0 Å². The van der Waals surface area contributed by atoms with Crippen LogP contribution in [0.5, 0.6) is 0 Å². The van der Waals surface area contributed by atoms with Crippen molar-refractivity contribution in [1.29, 1.82) is 0 Å². The highest BCUT2D eigenvalue weighted by Crippen LogP contribution is 2.15. The van der Waals surface area contributed by atoms with Crippen molar-refractivity contribution in [3.8, 4) is 0 Å². The van der Waals surface area contributed by atoms with E-state index in [0.29, 0.717) is 12.8 Å². The molecule has 1 amide bonds. The summed E-state index contributed by atoms with van der Waals surface area (Å²) in [6.45, 7) is 3.58. The van der Waals surface area contributed by atoms with Crippen molar-refractivity contribution in [1.82, 2.24) is 10.5 Å². The third-order valence-electron chi connectivity index (χ3n) is 3.50. The molecule has 112 valence electrons. The first-order valence-electron chi connectivity index (χ1n) is 6.98. The molecule has 0 radical (unpaired) electrons. The van der Waals surface area contributed by atoms with Gasteiger partial charge >= 0.3 is 0 Å². The normalized spacial score (nSPS) is 12.1. The molecule has 0 fully saturated rings. The second-order valence-electron chi connectivity index (χ2n) is 5.02. The maximum Gasteiger partial charge on any atom is 0.220 e. The van der Waals surface area contributed by atoms with Crippen molar-refractivity contribution in [3.63, 3.8) is 0 Å². The van der Waals surface area contributed by atoms with Crippen LogP contribution in [0.4, 0.5) is 0 Å². The topological polar surface area (TPSA) is 75.4 Å². The minimum Gasteiger partial charge on any atom is -0.394 e. The number of aryl methyl sites for hydroxylation is 2. The Labute approximate surface area is 124 Å². The number of nitrogens with one attached hydrogen (secondary N) is 1. The summed E-state index contributed by atoms with van der Waals surface area (Å²) in [4.78, 5) is 12.0. The lowest BCUT2D eigenvalue weighted by Crippen LogP contribution is -2.30. The quantitative estimate of drug-likeness (QED) is 0.853. The number of hydrogen-bond acceptors (Lipinski definition) is 4. The Morgan fingerprint density at radius 1 is 1.33 bits per heavy atom. The molecule has 2 N–H and O–H groups in total. The van der Waals surface area contributed by atoms with E-state index >= 15 is 0 Å². The molecule has 2 aromatic rings. The van der Waals surface area contributed by atoms with Crippen molar-refractivity contribution in [2.45, 2.75) is 32.7 Å². The van der Waals surface area contributed by atoms with Crippen LogP contribution < -0.4 is 5.32 Å². The lowest BCUT2D eigenvalue weighted by molar-refractivity contribution is -0.122. The van der Waals surface area contributed by atoms with Crippen LogP contribution in [-0.2, 0) is 11.2 Å². The number of aliphatic hydroxyl groups excluding tert-OH is 1. The number of carbonyl (C=O) groups excluding carboxylic acids is 1. The van der Waals surface area contributed by atoms with E-state index in [0.717, 1.165) is 22.6 Å². The number of amides is 1. The van der Waals surface area contributed by atoms with Gasteiger partial charge in [-0.1, -0.05) is 35.5 Å². The standard InChI is InChI=1S/C16H20N2O3/c1-11-14(12(2)21-18-11)8-9-16(20)17-15(10-19)13-6-4-3-5-7-13/h3-7,15,19H,8-10H2,1-2H3,(H,17,20). The summed E-state index contributed by atoms with van der Waals surface area (Å²) in [5.74, 6) is 0.653. The van der Waals surface area contributed by atoms with Crippen molar-refractivity contribution in [2.75, 3.05) is 6.61 Å². The Balaban J connectivity index is 1.92. The van der Waals surface area contributed by atoms with Gasteiger partial charge in [0.2, 0.25) is 5.91 Å². The molecule has 1 aromatic heterocycles. The lowest BCUT2D eigenvalue weighted by atomic mass is 10.1. The van der Waals surface area contributed by atoms with Crippen LogP contribution in [-0.4, -0.2) is 22.8 Å². The number of rotatable bonds is 6. The summed E-state index contributed by atoms with van der Waals surface area (Å²) in [5.41, 5.74) is 2.69. The summed E-state index contributed by atoms with van der Waals surface area (Å²) in [7, 11) is 0. The van der Waals surface area contributed by atoms with Crippen LogP contribution in [0.15, 0.2) is 34.9 Å². The fourth-order valence-electron chi connectivity index (χ4n) is 2.28. The van der Waals surface area contributed by atoms with E-state index in [1.165, 1.54) is 0 Å². The summed E-state index contributed by atoms with van der Waals surface area (Å²) in [6.07, 6.45) is 0.923. The Kier molecular flexibility index (Phi) is 5.11. The predicted molar refractivity (Wildman–Crippen MR) is 78.7 cm³/mol. The summed E-state index contributed by atoms with van der Waals surface area (Å²) in [5, 5.41) is 16.1. The van der Waals surface area contributed by atoms with E-state index < -0.39 is 0 Å². The summed E-state index contributed by atoms with van der Waals surface area (Å²) < 4.78 is 5.08. The highest BCUT2D eigenvalue weighted by Gasteiger charge is 2.15. The molecule has 0 saturated carbocycles. The fraction of sp³-hybridized carbons (Fsp3) is 0.375. The smallest absolute Gasteiger partial charge is 0.220 e. The van der Waals surface area contributed by atoms with Crippen molar-refractivity contribution >= 4 is 5.91 Å². The molecule has 0 aliphatic rings. The monoisotopic (exact) mass is 288 g/mol. The summed E-state index contributed by atoms with van der Waals surface area (Å²) >= 11 is 0. The van der Waals surface area contributed by atoms with Gasteiger partial charge < -0.3 is 14.9 Å². The van der Waals surface area contributed by atoms with Crippen molar-refractivity contribution < 1.29 is 14.4 Å². The first kappa shape index (κ1) is 15.3. The molecule has 5 nitrogen and oxygen atoms in total. The molecule has 21 heavy (non-hydrogen) atoms. The van der Waals surface area contributed by atoms with Crippen molar-refractivity contribution in [3.05, 3.63) is 52.9 Å². The van der Waals surface area contributed by atoms with E-state index in [1.807, 2.05) is 44.2 Å². The SMILES string of the molecule is Cc1noc(C)c1CCC(=O)NC(CO)c1ccccc1. The number of hydrogen-bond donors (Lipinski definition) is 2. The van der Waals surface area contributed by atoms with Gasteiger partial charge in [-0.05, 0) is 25.8 Å². The van der Waals surface area contributed by atoms with Crippen LogP contribution in [0.25, 0.3) is 0 Å². The number of carbonyl (C=O) groups is 1. The Bertz CT molecular complexity index is 573. The van der Waals surface area contributed by atoms with E-state index in [2.05, 4.69) is 10.5 Å². The largest absolute Gasteiger partial charge is 0.394 e. The highest BCUT2D eigenvalue weighted by atomic mass is 16.5. The van der Waals surface area contributed by atoms with Crippen molar-refractivity contribution in [2.24, 2.45) is 0 Å². The van der Waals surface area contributed by atoms with Gasteiger partial charge in [0.15, 0.2) is 0 Å². The predicted octanol–water partition coefficient (Wildman–Crippen LogP) is 2.07. The molecule has 0 spiro atoms. The number of benzene rings is 1. The molecule has 5 heteroatoms. The molecule has 2 rings (SSSR count). The maximum atomic E-state index is 12.0. The van der Waals surface area contributed by atoms with E-state index in [4.69, 9.17) is 4.52 Å². The summed E-state index contributed by atoms with van der Waals surface area (Å²) in [6, 6.07) is 9.06. The van der Waals surface area contributed by atoms with E-state index in [9.17, 15) is 9.90 Å². The molecule has 0 saturated heterocycles. The van der Waals surface area contributed by atoms with Gasteiger partial charge in [-0.15, -0.1) is 0 Å². The van der Waals surface area contributed by atoms with Crippen LogP contribution in [0.3, 0.4) is 0 Å². The molecular weight excluding hydrogens is 268 g/mol. The first-order chi connectivity index (χ1) is 10.1. The Hall–Kier alpha value is -2.14. The minimum atomic E-state index is -0.372. The van der Waals surface area contributed by atoms with Gasteiger partial charge in [0, 0.05) is 12.0 Å². The zero-order valence-corrected chi connectivity index (χ0v) is 12.3. The molecule has 0 aliphatic heterocycles. The van der Waals surface area contributed by atoms with Gasteiger partial charge in [0.1, 0.15) is 5.76 Å². The molecule has 0 bridgehead atoms. The molecule has 1 heterocycles. The third kappa shape index (κ3) is 3.92.